The Balaban J connectivity index is 2.76. The second-order valence-electron chi connectivity index (χ2n) is 4.61. The molecule has 0 fully saturated rings. The molecule has 0 aliphatic rings. The van der Waals surface area contributed by atoms with Crippen molar-refractivity contribution < 1.29 is 18.7 Å². The SMILES string of the molecule is CCOC(=O)c1cn(CC)c2cc(F)c(OCC)cc2c1=O. The molecule has 5 nitrogen and oxygen atoms in total. The predicted octanol–water partition coefficient (Wildman–Crippen LogP) is 2.74. The minimum Gasteiger partial charge on any atom is -0.491 e. The van der Waals surface area contributed by atoms with Gasteiger partial charge in [-0.15, -0.1) is 0 Å². The molecule has 2 aromatic rings. The maximum atomic E-state index is 14.0. The van der Waals surface area contributed by atoms with Crippen LogP contribution in [-0.2, 0) is 11.3 Å². The fourth-order valence-corrected chi connectivity index (χ4v) is 2.27. The van der Waals surface area contributed by atoms with E-state index in [1.807, 2.05) is 6.92 Å². The van der Waals surface area contributed by atoms with Gasteiger partial charge in [-0.25, -0.2) is 9.18 Å². The molecule has 1 heterocycles. The number of fused-ring (bicyclic) bond motifs is 1. The van der Waals surface area contributed by atoms with Crippen molar-refractivity contribution in [3.8, 4) is 5.75 Å². The number of rotatable bonds is 5. The summed E-state index contributed by atoms with van der Waals surface area (Å²) in [5.41, 5.74) is -0.133. The highest BCUT2D eigenvalue weighted by Gasteiger charge is 2.18. The molecule has 0 aliphatic carbocycles. The van der Waals surface area contributed by atoms with Crippen LogP contribution in [0.25, 0.3) is 10.9 Å². The number of carbonyl (C=O) groups excluding carboxylic acids is 1. The summed E-state index contributed by atoms with van der Waals surface area (Å²) in [6.45, 7) is 6.17. The number of esters is 1. The van der Waals surface area contributed by atoms with Gasteiger partial charge in [-0.05, 0) is 26.8 Å². The van der Waals surface area contributed by atoms with Gasteiger partial charge in [0, 0.05) is 18.8 Å². The van der Waals surface area contributed by atoms with Crippen LogP contribution in [0, 0.1) is 5.82 Å². The standard InChI is InChI=1S/C16H18FNO4/c1-4-18-9-11(16(20)22-6-3)15(19)10-7-14(21-5-2)12(17)8-13(10)18/h7-9H,4-6H2,1-3H3. The number of carbonyl (C=O) groups is 1. The van der Waals surface area contributed by atoms with Gasteiger partial charge in [0.1, 0.15) is 5.56 Å². The molecule has 0 amide bonds. The summed E-state index contributed by atoms with van der Waals surface area (Å²) in [5.74, 6) is -1.23. The summed E-state index contributed by atoms with van der Waals surface area (Å²) in [7, 11) is 0. The van der Waals surface area contributed by atoms with E-state index >= 15 is 0 Å². The van der Waals surface area contributed by atoms with E-state index in [0.29, 0.717) is 12.1 Å². The Bertz CT molecular complexity index is 767. The van der Waals surface area contributed by atoms with Crippen LogP contribution in [-0.4, -0.2) is 23.8 Å². The first-order valence-corrected chi connectivity index (χ1v) is 7.20. The van der Waals surface area contributed by atoms with E-state index in [4.69, 9.17) is 9.47 Å². The lowest BCUT2D eigenvalue weighted by Crippen LogP contribution is -2.21. The maximum Gasteiger partial charge on any atom is 0.343 e. The second kappa shape index (κ2) is 6.60. The van der Waals surface area contributed by atoms with E-state index in [2.05, 4.69) is 0 Å². The van der Waals surface area contributed by atoms with Gasteiger partial charge < -0.3 is 14.0 Å². The normalized spacial score (nSPS) is 10.7. The van der Waals surface area contributed by atoms with Gasteiger partial charge in [-0.2, -0.15) is 0 Å². The molecule has 22 heavy (non-hydrogen) atoms. The molecule has 118 valence electrons. The summed E-state index contributed by atoms with van der Waals surface area (Å²) >= 11 is 0. The van der Waals surface area contributed by atoms with Crippen molar-refractivity contribution in [2.24, 2.45) is 0 Å². The average Bonchev–Trinajstić information content (AvgIpc) is 2.49. The number of ether oxygens (including phenoxy) is 2. The number of benzene rings is 1. The van der Waals surface area contributed by atoms with Crippen LogP contribution >= 0.6 is 0 Å². The van der Waals surface area contributed by atoms with E-state index in [-0.39, 0.29) is 29.9 Å². The molecule has 0 aliphatic heterocycles. The van der Waals surface area contributed by atoms with Crippen molar-refractivity contribution in [2.75, 3.05) is 13.2 Å². The Morgan fingerprint density at radius 1 is 1.23 bits per heavy atom. The Kier molecular flexibility index (Phi) is 4.80. The van der Waals surface area contributed by atoms with Gasteiger partial charge in [-0.3, -0.25) is 4.79 Å². The number of hydrogen-bond donors (Lipinski definition) is 0. The van der Waals surface area contributed by atoms with Gasteiger partial charge in [-0.1, -0.05) is 0 Å². The van der Waals surface area contributed by atoms with Crippen molar-refractivity contribution in [3.05, 3.63) is 39.9 Å². The monoisotopic (exact) mass is 307 g/mol. The fraction of sp³-hybridized carbons (Fsp3) is 0.375. The number of hydrogen-bond acceptors (Lipinski definition) is 4. The third kappa shape index (κ3) is 2.81. The molecular formula is C16H18FNO4. The van der Waals surface area contributed by atoms with Crippen molar-refractivity contribution in [1.29, 1.82) is 0 Å². The minimum atomic E-state index is -0.682. The van der Waals surface area contributed by atoms with Gasteiger partial charge >= 0.3 is 5.97 Å². The van der Waals surface area contributed by atoms with Gasteiger partial charge in [0.15, 0.2) is 11.6 Å². The van der Waals surface area contributed by atoms with Crippen LogP contribution in [0.2, 0.25) is 0 Å². The van der Waals surface area contributed by atoms with E-state index in [1.165, 1.54) is 18.3 Å². The average molecular weight is 307 g/mol. The number of aromatic nitrogens is 1. The molecule has 0 spiro atoms. The topological polar surface area (TPSA) is 57.5 Å². The van der Waals surface area contributed by atoms with Crippen LogP contribution in [0.4, 0.5) is 4.39 Å². The Labute approximate surface area is 127 Å². The van der Waals surface area contributed by atoms with Crippen LogP contribution < -0.4 is 10.2 Å². The van der Waals surface area contributed by atoms with E-state index in [0.717, 1.165) is 0 Å². The van der Waals surface area contributed by atoms with Crippen LogP contribution in [0.15, 0.2) is 23.1 Å². The Morgan fingerprint density at radius 2 is 1.95 bits per heavy atom. The highest BCUT2D eigenvalue weighted by atomic mass is 19.1. The molecule has 0 N–H and O–H groups in total. The van der Waals surface area contributed by atoms with Gasteiger partial charge in [0.25, 0.3) is 0 Å². The van der Waals surface area contributed by atoms with E-state index < -0.39 is 17.2 Å². The maximum absolute atomic E-state index is 14.0. The molecule has 0 bridgehead atoms. The van der Waals surface area contributed by atoms with Crippen molar-refractivity contribution in [2.45, 2.75) is 27.3 Å². The first-order valence-electron chi connectivity index (χ1n) is 7.20. The summed E-state index contributed by atoms with van der Waals surface area (Å²) < 4.78 is 25.7. The lowest BCUT2D eigenvalue weighted by Gasteiger charge is -2.13. The molecule has 2 rings (SSSR count). The summed E-state index contributed by atoms with van der Waals surface area (Å²) in [6, 6.07) is 2.59. The van der Waals surface area contributed by atoms with E-state index in [1.54, 1.807) is 18.4 Å². The number of nitrogens with zero attached hydrogens (tertiary/aromatic N) is 1. The number of halogens is 1. The lowest BCUT2D eigenvalue weighted by atomic mass is 10.1. The minimum absolute atomic E-state index is 0.00392. The highest BCUT2D eigenvalue weighted by Crippen LogP contribution is 2.23. The molecule has 0 unspecified atom stereocenters. The molecular weight excluding hydrogens is 289 g/mol. The third-order valence-electron chi connectivity index (χ3n) is 3.27. The predicted molar refractivity (Wildman–Crippen MR) is 81.0 cm³/mol. The summed E-state index contributed by atoms with van der Waals surface area (Å²) in [4.78, 5) is 24.4. The molecule has 1 aromatic heterocycles. The summed E-state index contributed by atoms with van der Waals surface area (Å²) in [6.07, 6.45) is 1.41. The van der Waals surface area contributed by atoms with Crippen LogP contribution in [0.1, 0.15) is 31.1 Å². The van der Waals surface area contributed by atoms with Gasteiger partial charge in [0.05, 0.1) is 24.1 Å². The fourth-order valence-electron chi connectivity index (χ4n) is 2.27. The first-order chi connectivity index (χ1) is 10.5. The Hall–Kier alpha value is -2.37. The van der Waals surface area contributed by atoms with Crippen molar-refractivity contribution in [3.63, 3.8) is 0 Å². The Morgan fingerprint density at radius 3 is 2.55 bits per heavy atom. The molecule has 0 radical (unpaired) electrons. The lowest BCUT2D eigenvalue weighted by molar-refractivity contribution is 0.0524. The first kappa shape index (κ1) is 16.0. The molecule has 1 aromatic carbocycles. The smallest absolute Gasteiger partial charge is 0.343 e. The van der Waals surface area contributed by atoms with Crippen LogP contribution in [0.5, 0.6) is 5.75 Å². The van der Waals surface area contributed by atoms with Gasteiger partial charge in [0.2, 0.25) is 5.43 Å². The summed E-state index contributed by atoms with van der Waals surface area (Å²) in [5, 5.41) is 0.234. The zero-order valence-corrected chi connectivity index (χ0v) is 12.8. The second-order valence-corrected chi connectivity index (χ2v) is 4.61. The van der Waals surface area contributed by atoms with Crippen molar-refractivity contribution >= 4 is 16.9 Å². The molecule has 0 saturated heterocycles. The largest absolute Gasteiger partial charge is 0.491 e. The third-order valence-corrected chi connectivity index (χ3v) is 3.27. The van der Waals surface area contributed by atoms with Crippen LogP contribution in [0.3, 0.4) is 0 Å². The number of aryl methyl sites for hydroxylation is 1. The number of pyridine rings is 1. The quantitative estimate of drug-likeness (QED) is 0.797. The van der Waals surface area contributed by atoms with Crippen molar-refractivity contribution in [1.82, 2.24) is 4.57 Å². The highest BCUT2D eigenvalue weighted by molar-refractivity contribution is 5.94. The zero-order valence-electron chi connectivity index (χ0n) is 12.8. The van der Waals surface area contributed by atoms with E-state index in [9.17, 15) is 14.0 Å². The zero-order chi connectivity index (χ0) is 16.3. The molecule has 0 saturated carbocycles. The molecule has 0 atom stereocenters. The molecule has 6 heteroatoms.